The lowest BCUT2D eigenvalue weighted by atomic mass is 10.1. The number of aliphatic carboxylic acids is 1. The number of carboxylic acid groups (broad SMARTS) is 1. The maximum Gasteiger partial charge on any atom is 0.322 e. The van der Waals surface area contributed by atoms with Crippen molar-refractivity contribution >= 4 is 23.5 Å². The van der Waals surface area contributed by atoms with E-state index in [-0.39, 0.29) is 5.91 Å². The van der Waals surface area contributed by atoms with Crippen LogP contribution in [0.1, 0.15) is 27.6 Å². The zero-order valence-electron chi connectivity index (χ0n) is 13.6. The van der Waals surface area contributed by atoms with Gasteiger partial charge in [0.2, 0.25) is 0 Å². The Morgan fingerprint density at radius 1 is 1.00 bits per heavy atom. The van der Waals surface area contributed by atoms with Gasteiger partial charge in [0.25, 0.3) is 11.8 Å². The van der Waals surface area contributed by atoms with Gasteiger partial charge in [-0.25, -0.2) is 0 Å². The van der Waals surface area contributed by atoms with Crippen molar-refractivity contribution in [2.24, 2.45) is 0 Å². The molecule has 2 amide bonds. The number of carbonyl (C=O) groups excluding carboxylic acids is 2. The van der Waals surface area contributed by atoms with Crippen LogP contribution in [0.15, 0.2) is 48.5 Å². The summed E-state index contributed by atoms with van der Waals surface area (Å²) in [5.74, 6) is -1.30. The maximum atomic E-state index is 12.3. The highest BCUT2D eigenvalue weighted by molar-refractivity contribution is 6.04. The van der Waals surface area contributed by atoms with Crippen LogP contribution < -0.4 is 15.4 Å². The normalized spacial score (nSPS) is 9.96. The third kappa shape index (κ3) is 5.35. The van der Waals surface area contributed by atoms with Crippen LogP contribution in [0.5, 0.6) is 5.75 Å². The van der Waals surface area contributed by atoms with Crippen LogP contribution in [0.4, 0.5) is 5.69 Å². The Balaban J connectivity index is 2.00. The van der Waals surface area contributed by atoms with E-state index < -0.39 is 18.4 Å². The van der Waals surface area contributed by atoms with Gasteiger partial charge in [0, 0.05) is 16.8 Å². The standard InChI is InChI=1S/C18H18N2O5/c1-2-25-15-5-3-4-13(10-15)18(24)20-14-8-6-12(7-9-14)17(23)19-11-16(21)22/h3-10H,2,11H2,1H3,(H,19,23)(H,20,24)(H,21,22). The van der Waals surface area contributed by atoms with Gasteiger partial charge in [0.1, 0.15) is 12.3 Å². The maximum absolute atomic E-state index is 12.3. The molecule has 0 atom stereocenters. The predicted octanol–water partition coefficient (Wildman–Crippen LogP) is 2.15. The smallest absolute Gasteiger partial charge is 0.322 e. The summed E-state index contributed by atoms with van der Waals surface area (Å²) in [5, 5.41) is 13.5. The van der Waals surface area contributed by atoms with E-state index >= 15 is 0 Å². The van der Waals surface area contributed by atoms with Gasteiger partial charge in [-0.2, -0.15) is 0 Å². The van der Waals surface area contributed by atoms with Crippen molar-refractivity contribution in [3.63, 3.8) is 0 Å². The van der Waals surface area contributed by atoms with Crippen LogP contribution in [0.2, 0.25) is 0 Å². The van der Waals surface area contributed by atoms with Crippen molar-refractivity contribution in [1.82, 2.24) is 5.32 Å². The molecule has 0 saturated heterocycles. The summed E-state index contributed by atoms with van der Waals surface area (Å²) in [7, 11) is 0. The molecule has 2 aromatic carbocycles. The summed E-state index contributed by atoms with van der Waals surface area (Å²) >= 11 is 0. The zero-order chi connectivity index (χ0) is 18.2. The lowest BCUT2D eigenvalue weighted by Gasteiger charge is -2.08. The molecule has 0 saturated carbocycles. The first-order valence-corrected chi connectivity index (χ1v) is 7.64. The number of nitrogens with one attached hydrogen (secondary N) is 2. The van der Waals surface area contributed by atoms with Gasteiger partial charge in [-0.1, -0.05) is 6.07 Å². The quantitative estimate of drug-likeness (QED) is 0.715. The average molecular weight is 342 g/mol. The van der Waals surface area contributed by atoms with E-state index in [1.807, 2.05) is 6.92 Å². The highest BCUT2D eigenvalue weighted by Gasteiger charge is 2.09. The topological polar surface area (TPSA) is 105 Å². The summed E-state index contributed by atoms with van der Waals surface area (Å²) < 4.78 is 5.36. The molecule has 0 radical (unpaired) electrons. The predicted molar refractivity (Wildman–Crippen MR) is 92.0 cm³/mol. The molecule has 25 heavy (non-hydrogen) atoms. The number of anilines is 1. The summed E-state index contributed by atoms with van der Waals surface area (Å²) in [4.78, 5) is 34.4. The Hall–Kier alpha value is -3.35. The number of hydrogen-bond acceptors (Lipinski definition) is 4. The molecule has 0 aromatic heterocycles. The molecule has 0 aliphatic rings. The van der Waals surface area contributed by atoms with Gasteiger partial charge in [0.15, 0.2) is 0 Å². The van der Waals surface area contributed by atoms with Gasteiger partial charge in [0.05, 0.1) is 6.61 Å². The number of benzene rings is 2. The summed E-state index contributed by atoms with van der Waals surface area (Å²) in [6, 6.07) is 13.0. The van der Waals surface area contributed by atoms with Crippen molar-refractivity contribution in [3.8, 4) is 5.75 Å². The van der Waals surface area contributed by atoms with Crippen LogP contribution in [0.25, 0.3) is 0 Å². The lowest BCUT2D eigenvalue weighted by Crippen LogP contribution is -2.29. The Kier molecular flexibility index (Phi) is 6.11. The second-order valence-corrected chi connectivity index (χ2v) is 5.07. The molecule has 2 rings (SSSR count). The van der Waals surface area contributed by atoms with Crippen molar-refractivity contribution < 1.29 is 24.2 Å². The SMILES string of the molecule is CCOc1cccc(C(=O)Nc2ccc(C(=O)NCC(=O)O)cc2)c1. The van der Waals surface area contributed by atoms with Crippen LogP contribution in [-0.4, -0.2) is 36.0 Å². The fourth-order valence-electron chi connectivity index (χ4n) is 2.06. The van der Waals surface area contributed by atoms with Crippen molar-refractivity contribution in [1.29, 1.82) is 0 Å². The summed E-state index contributed by atoms with van der Waals surface area (Å²) in [5.41, 5.74) is 1.27. The first-order chi connectivity index (χ1) is 12.0. The van der Waals surface area contributed by atoms with E-state index in [1.165, 1.54) is 12.1 Å². The first-order valence-electron chi connectivity index (χ1n) is 7.64. The van der Waals surface area contributed by atoms with Crippen LogP contribution in [-0.2, 0) is 4.79 Å². The summed E-state index contributed by atoms with van der Waals surface area (Å²) in [6.45, 7) is 1.92. The molecule has 0 aliphatic carbocycles. The Morgan fingerprint density at radius 3 is 2.36 bits per heavy atom. The third-order valence-corrected chi connectivity index (χ3v) is 3.21. The highest BCUT2D eigenvalue weighted by atomic mass is 16.5. The minimum absolute atomic E-state index is 0.301. The van der Waals surface area contributed by atoms with Crippen molar-refractivity contribution in [2.75, 3.05) is 18.5 Å². The largest absolute Gasteiger partial charge is 0.494 e. The molecular formula is C18H18N2O5. The van der Waals surface area contributed by atoms with E-state index in [9.17, 15) is 14.4 Å². The Morgan fingerprint density at radius 2 is 1.72 bits per heavy atom. The van der Waals surface area contributed by atoms with Crippen molar-refractivity contribution in [3.05, 3.63) is 59.7 Å². The molecule has 7 nitrogen and oxygen atoms in total. The Bertz CT molecular complexity index is 771. The molecule has 0 bridgehead atoms. The molecule has 130 valence electrons. The van der Waals surface area contributed by atoms with E-state index in [0.717, 1.165) is 0 Å². The number of carboxylic acids is 1. The molecule has 7 heteroatoms. The zero-order valence-corrected chi connectivity index (χ0v) is 13.6. The van der Waals surface area contributed by atoms with Gasteiger partial charge < -0.3 is 20.5 Å². The second kappa shape index (κ2) is 8.49. The number of ether oxygens (including phenoxy) is 1. The average Bonchev–Trinajstić information content (AvgIpc) is 2.61. The number of amides is 2. The molecule has 3 N–H and O–H groups in total. The second-order valence-electron chi connectivity index (χ2n) is 5.07. The molecule has 0 heterocycles. The number of hydrogen-bond donors (Lipinski definition) is 3. The monoisotopic (exact) mass is 342 g/mol. The molecule has 0 spiro atoms. The minimum atomic E-state index is -1.12. The number of carbonyl (C=O) groups is 3. The molecule has 0 fully saturated rings. The lowest BCUT2D eigenvalue weighted by molar-refractivity contribution is -0.135. The van der Waals surface area contributed by atoms with E-state index in [4.69, 9.17) is 9.84 Å². The van der Waals surface area contributed by atoms with Crippen LogP contribution in [0, 0.1) is 0 Å². The van der Waals surface area contributed by atoms with Crippen molar-refractivity contribution in [2.45, 2.75) is 6.92 Å². The molecule has 0 unspecified atom stereocenters. The summed E-state index contributed by atoms with van der Waals surface area (Å²) in [6.07, 6.45) is 0. The number of rotatable bonds is 7. The van der Waals surface area contributed by atoms with Gasteiger partial charge in [-0.15, -0.1) is 0 Å². The van der Waals surface area contributed by atoms with Gasteiger partial charge in [-0.05, 0) is 49.4 Å². The Labute approximate surface area is 144 Å². The molecular weight excluding hydrogens is 324 g/mol. The van der Waals surface area contributed by atoms with E-state index in [0.29, 0.717) is 29.2 Å². The van der Waals surface area contributed by atoms with E-state index in [1.54, 1.807) is 36.4 Å². The highest BCUT2D eigenvalue weighted by Crippen LogP contribution is 2.16. The fraction of sp³-hybridized carbons (Fsp3) is 0.167. The van der Waals surface area contributed by atoms with Crippen LogP contribution in [0.3, 0.4) is 0 Å². The minimum Gasteiger partial charge on any atom is -0.494 e. The third-order valence-electron chi connectivity index (χ3n) is 3.21. The first kappa shape index (κ1) is 18.0. The van der Waals surface area contributed by atoms with Gasteiger partial charge >= 0.3 is 5.97 Å². The molecule has 0 aliphatic heterocycles. The van der Waals surface area contributed by atoms with E-state index in [2.05, 4.69) is 10.6 Å². The molecule has 2 aromatic rings. The van der Waals surface area contributed by atoms with Crippen LogP contribution >= 0.6 is 0 Å². The van der Waals surface area contributed by atoms with Gasteiger partial charge in [-0.3, -0.25) is 14.4 Å². The fourth-order valence-corrected chi connectivity index (χ4v) is 2.06.